The molecule has 5 rings (SSSR count). The molecule has 1 aliphatic rings. The van der Waals surface area contributed by atoms with E-state index in [1.807, 2.05) is 32.3 Å². The molecule has 0 aromatic carbocycles. The quantitative estimate of drug-likeness (QED) is 0.435. The largest absolute Gasteiger partial charge is 0.455 e. The van der Waals surface area contributed by atoms with Gasteiger partial charge in [0.05, 0.1) is 41.5 Å². The van der Waals surface area contributed by atoms with Gasteiger partial charge in [0.2, 0.25) is 5.95 Å². The molecule has 0 spiro atoms. The predicted octanol–water partition coefficient (Wildman–Crippen LogP) is 3.34. The Morgan fingerprint density at radius 2 is 2.06 bits per heavy atom. The van der Waals surface area contributed by atoms with Crippen LogP contribution in [0.25, 0.3) is 22.5 Å². The Morgan fingerprint density at radius 3 is 2.80 bits per heavy atom. The van der Waals surface area contributed by atoms with Crippen molar-refractivity contribution in [1.29, 1.82) is 0 Å². The molecule has 0 saturated carbocycles. The summed E-state index contributed by atoms with van der Waals surface area (Å²) in [5.74, 6) is 1.80. The van der Waals surface area contributed by atoms with E-state index in [2.05, 4.69) is 29.9 Å². The maximum absolute atomic E-state index is 12.9. The van der Waals surface area contributed by atoms with Gasteiger partial charge in [0.1, 0.15) is 11.5 Å². The van der Waals surface area contributed by atoms with Gasteiger partial charge in [-0.1, -0.05) is 0 Å². The Bertz CT molecular complexity index is 1400. The van der Waals surface area contributed by atoms with Gasteiger partial charge < -0.3 is 14.4 Å². The van der Waals surface area contributed by atoms with Crippen LogP contribution in [0.3, 0.4) is 0 Å². The number of aromatic nitrogens is 6. The van der Waals surface area contributed by atoms with Crippen LogP contribution in [0.2, 0.25) is 0 Å². The fourth-order valence-corrected chi connectivity index (χ4v) is 4.31. The van der Waals surface area contributed by atoms with Crippen molar-refractivity contribution in [3.63, 3.8) is 0 Å². The topological polar surface area (TPSA) is 111 Å². The smallest absolute Gasteiger partial charge is 0.261 e. The van der Waals surface area contributed by atoms with Crippen molar-refractivity contribution in [1.82, 2.24) is 29.7 Å². The maximum Gasteiger partial charge on any atom is 0.261 e. The summed E-state index contributed by atoms with van der Waals surface area (Å²) >= 11 is 0. The van der Waals surface area contributed by atoms with Crippen LogP contribution in [-0.2, 0) is 11.8 Å². The second-order valence-corrected chi connectivity index (χ2v) is 8.56. The summed E-state index contributed by atoms with van der Waals surface area (Å²) in [6, 6.07) is 7.44. The number of aryl methyl sites for hydroxylation is 2. The molecule has 5 heterocycles. The van der Waals surface area contributed by atoms with Gasteiger partial charge in [-0.25, -0.2) is 9.97 Å². The molecular weight excluding hydrogens is 446 g/mol. The van der Waals surface area contributed by atoms with Gasteiger partial charge in [-0.3, -0.25) is 19.4 Å². The number of methoxy groups -OCH3 is 1. The highest BCUT2D eigenvalue weighted by Gasteiger charge is 2.26. The van der Waals surface area contributed by atoms with Crippen LogP contribution in [0, 0.1) is 6.92 Å². The van der Waals surface area contributed by atoms with E-state index < -0.39 is 0 Å². The molecule has 10 nitrogen and oxygen atoms in total. The van der Waals surface area contributed by atoms with Gasteiger partial charge in [0.25, 0.3) is 5.56 Å². The van der Waals surface area contributed by atoms with Gasteiger partial charge in [-0.05, 0) is 38.0 Å². The first kappa shape index (κ1) is 22.7. The highest BCUT2D eigenvalue weighted by atomic mass is 16.5. The second-order valence-electron chi connectivity index (χ2n) is 8.56. The van der Waals surface area contributed by atoms with Crippen LogP contribution in [0.1, 0.15) is 18.5 Å². The molecule has 1 fully saturated rings. The van der Waals surface area contributed by atoms with E-state index >= 15 is 0 Å². The molecule has 1 atom stereocenters. The average Bonchev–Trinajstić information content (AvgIpc) is 3.50. The van der Waals surface area contributed by atoms with Crippen molar-refractivity contribution >= 4 is 5.95 Å². The zero-order chi connectivity index (χ0) is 24.4. The zero-order valence-electron chi connectivity index (χ0n) is 19.9. The third-order valence-electron chi connectivity index (χ3n) is 6.07. The lowest BCUT2D eigenvalue weighted by Gasteiger charge is -2.24. The fourth-order valence-electron chi connectivity index (χ4n) is 4.31. The lowest BCUT2D eigenvalue weighted by molar-refractivity contribution is 0.180. The second kappa shape index (κ2) is 9.67. The summed E-state index contributed by atoms with van der Waals surface area (Å²) in [6.07, 6.45) is 8.99. The molecule has 0 aliphatic carbocycles. The number of ether oxygens (including phenoxy) is 2. The summed E-state index contributed by atoms with van der Waals surface area (Å²) in [6.45, 7) is 3.30. The van der Waals surface area contributed by atoms with E-state index in [0.717, 1.165) is 30.6 Å². The van der Waals surface area contributed by atoms with Crippen LogP contribution in [0.15, 0.2) is 53.8 Å². The average molecular weight is 474 g/mol. The summed E-state index contributed by atoms with van der Waals surface area (Å²) in [5.41, 5.74) is 3.05. The van der Waals surface area contributed by atoms with Crippen molar-refractivity contribution in [3.8, 4) is 34.0 Å². The number of nitrogens with one attached hydrogen (secondary N) is 1. The summed E-state index contributed by atoms with van der Waals surface area (Å²) in [4.78, 5) is 31.4. The van der Waals surface area contributed by atoms with E-state index in [-0.39, 0.29) is 11.6 Å². The minimum Gasteiger partial charge on any atom is -0.455 e. The Labute approximate surface area is 202 Å². The van der Waals surface area contributed by atoms with Crippen LogP contribution < -0.4 is 15.2 Å². The van der Waals surface area contributed by atoms with Gasteiger partial charge in [-0.2, -0.15) is 5.10 Å². The molecular formula is C25H27N7O3. The lowest BCUT2D eigenvalue weighted by Crippen LogP contribution is -2.35. The SMILES string of the molecule is COC[C@H]1CCCN1c1ncc(-c2ccc(Oc3ccnc(-c4cnn(C)c4)c3)c(C)n2)c(=O)[nH]1. The number of hydrogen-bond acceptors (Lipinski definition) is 8. The Morgan fingerprint density at radius 1 is 1.17 bits per heavy atom. The third kappa shape index (κ3) is 4.78. The molecule has 10 heteroatoms. The van der Waals surface area contributed by atoms with E-state index in [1.54, 1.807) is 42.5 Å². The fraction of sp³-hybridized carbons (Fsp3) is 0.320. The third-order valence-corrected chi connectivity index (χ3v) is 6.07. The number of anilines is 1. The predicted molar refractivity (Wildman–Crippen MR) is 132 cm³/mol. The van der Waals surface area contributed by atoms with Crippen molar-refractivity contribution in [2.75, 3.05) is 25.2 Å². The summed E-state index contributed by atoms with van der Waals surface area (Å²) in [7, 11) is 3.55. The highest BCUT2D eigenvalue weighted by molar-refractivity contribution is 5.60. The first-order chi connectivity index (χ1) is 17.0. The van der Waals surface area contributed by atoms with Crippen LogP contribution in [0.5, 0.6) is 11.5 Å². The molecule has 180 valence electrons. The Balaban J connectivity index is 1.35. The number of aromatic amines is 1. The standard InChI is InChI=1S/C25H27N7O3/c1-16-23(35-19-8-9-26-22(11-19)17-12-28-31(2)14-17)7-6-21(29-16)20-13-27-25(30-24(20)33)32-10-4-5-18(32)15-34-3/h6-9,11-14,18H,4-5,10,15H2,1-3H3,(H,27,30,33)/t18-/m1/s1. The van der Waals surface area contributed by atoms with Crippen LogP contribution in [-0.4, -0.2) is 56.0 Å². The van der Waals surface area contributed by atoms with Gasteiger partial charge >= 0.3 is 0 Å². The first-order valence-corrected chi connectivity index (χ1v) is 11.5. The number of hydrogen-bond donors (Lipinski definition) is 1. The summed E-state index contributed by atoms with van der Waals surface area (Å²) in [5, 5.41) is 4.19. The Hall–Kier alpha value is -4.05. The van der Waals surface area contributed by atoms with Crippen molar-refractivity contribution in [3.05, 3.63) is 65.1 Å². The molecule has 0 radical (unpaired) electrons. The van der Waals surface area contributed by atoms with Crippen molar-refractivity contribution < 1.29 is 9.47 Å². The van der Waals surface area contributed by atoms with Gasteiger partial charge in [0.15, 0.2) is 0 Å². The van der Waals surface area contributed by atoms with Crippen molar-refractivity contribution in [2.45, 2.75) is 25.8 Å². The van der Waals surface area contributed by atoms with E-state index in [0.29, 0.717) is 41.0 Å². The minimum absolute atomic E-state index is 0.220. The van der Waals surface area contributed by atoms with Crippen LogP contribution >= 0.6 is 0 Å². The maximum atomic E-state index is 12.9. The van der Waals surface area contributed by atoms with Gasteiger partial charge in [0, 0.05) is 50.9 Å². The molecule has 1 saturated heterocycles. The highest BCUT2D eigenvalue weighted by Crippen LogP contribution is 2.29. The molecule has 4 aromatic rings. The van der Waals surface area contributed by atoms with Gasteiger partial charge in [-0.15, -0.1) is 0 Å². The van der Waals surface area contributed by atoms with E-state index in [9.17, 15) is 4.79 Å². The number of H-pyrrole nitrogens is 1. The molecule has 1 N–H and O–H groups in total. The lowest BCUT2D eigenvalue weighted by atomic mass is 10.2. The van der Waals surface area contributed by atoms with E-state index in [1.165, 1.54) is 0 Å². The van der Waals surface area contributed by atoms with Crippen LogP contribution in [0.4, 0.5) is 5.95 Å². The van der Waals surface area contributed by atoms with E-state index in [4.69, 9.17) is 9.47 Å². The molecule has 0 amide bonds. The number of nitrogens with zero attached hydrogens (tertiary/aromatic N) is 6. The normalized spacial score (nSPS) is 15.5. The first-order valence-electron chi connectivity index (χ1n) is 11.5. The number of pyridine rings is 2. The molecule has 1 aliphatic heterocycles. The minimum atomic E-state index is -0.228. The molecule has 0 bridgehead atoms. The zero-order valence-corrected chi connectivity index (χ0v) is 19.9. The number of rotatable bonds is 7. The molecule has 4 aromatic heterocycles. The van der Waals surface area contributed by atoms with Crippen molar-refractivity contribution in [2.24, 2.45) is 7.05 Å². The Kier molecular flexibility index (Phi) is 6.28. The monoisotopic (exact) mass is 473 g/mol. The molecule has 0 unspecified atom stereocenters. The summed E-state index contributed by atoms with van der Waals surface area (Å²) < 4.78 is 13.1. The molecule has 35 heavy (non-hydrogen) atoms.